The second kappa shape index (κ2) is 6.43. The summed E-state index contributed by atoms with van der Waals surface area (Å²) in [5.74, 6) is 0. The van der Waals surface area contributed by atoms with Crippen LogP contribution < -0.4 is 5.56 Å². The van der Waals surface area contributed by atoms with Gasteiger partial charge in [-0.05, 0) is 30.4 Å². The highest BCUT2D eigenvalue weighted by Crippen LogP contribution is 2.17. The smallest absolute Gasteiger partial charge is 0.252 e. The molecule has 0 saturated carbocycles. The molecule has 6 nitrogen and oxygen atoms in total. The Labute approximate surface area is 135 Å². The van der Waals surface area contributed by atoms with Crippen LogP contribution in [0.5, 0.6) is 0 Å². The van der Waals surface area contributed by atoms with E-state index in [2.05, 4.69) is 4.98 Å². The fourth-order valence-corrected chi connectivity index (χ4v) is 3.64. The summed E-state index contributed by atoms with van der Waals surface area (Å²) in [5.41, 5.74) is 0.920. The molecule has 23 heavy (non-hydrogen) atoms. The van der Waals surface area contributed by atoms with E-state index in [1.807, 2.05) is 24.3 Å². The topological polar surface area (TPSA) is 79.5 Å². The zero-order chi connectivity index (χ0) is 16.4. The minimum atomic E-state index is -3.42. The van der Waals surface area contributed by atoms with Gasteiger partial charge in [0.2, 0.25) is 10.0 Å². The number of fused-ring (bicyclic) bond motifs is 1. The van der Waals surface area contributed by atoms with Crippen LogP contribution in [-0.2, 0) is 21.3 Å². The van der Waals surface area contributed by atoms with Crippen LogP contribution in [0.1, 0.15) is 18.4 Å². The molecule has 1 aromatic heterocycles. The fourth-order valence-electron chi connectivity index (χ4n) is 2.83. The number of sulfonamides is 1. The number of hydrogen-bond donors (Lipinski definition) is 1. The number of nitrogens with one attached hydrogen (secondary N) is 1. The Hall–Kier alpha value is -1.70. The average Bonchev–Trinajstić information content (AvgIpc) is 2.99. The first-order chi connectivity index (χ1) is 10.9. The maximum atomic E-state index is 12.2. The summed E-state index contributed by atoms with van der Waals surface area (Å²) >= 11 is 0. The maximum absolute atomic E-state index is 12.2. The highest BCUT2D eigenvalue weighted by Gasteiger charge is 2.25. The van der Waals surface area contributed by atoms with Crippen molar-refractivity contribution in [3.63, 3.8) is 0 Å². The van der Waals surface area contributed by atoms with Crippen LogP contribution in [0.4, 0.5) is 0 Å². The van der Waals surface area contributed by atoms with Gasteiger partial charge in [0.05, 0.1) is 12.4 Å². The molecule has 3 rings (SSSR count). The molecule has 1 aromatic carbocycles. The Kier molecular flexibility index (Phi) is 4.52. The Morgan fingerprint density at radius 2 is 2.13 bits per heavy atom. The molecular weight excluding hydrogens is 316 g/mol. The van der Waals surface area contributed by atoms with E-state index in [0.29, 0.717) is 12.2 Å². The summed E-state index contributed by atoms with van der Waals surface area (Å²) in [4.78, 5) is 15.0. The SMILES string of the molecule is CS(=O)(=O)N(Cc1cc2ccccc2[nH]c1=O)C[C@@H]1CCCO1. The summed E-state index contributed by atoms with van der Waals surface area (Å²) < 4.78 is 31.0. The molecule has 0 spiro atoms. The molecule has 2 heterocycles. The van der Waals surface area contributed by atoms with Crippen LogP contribution in [0.15, 0.2) is 35.1 Å². The lowest BCUT2D eigenvalue weighted by Gasteiger charge is -2.22. The van der Waals surface area contributed by atoms with Crippen molar-refractivity contribution >= 4 is 20.9 Å². The predicted molar refractivity (Wildman–Crippen MR) is 88.8 cm³/mol. The number of aromatic amines is 1. The van der Waals surface area contributed by atoms with E-state index in [1.165, 1.54) is 4.31 Å². The number of benzene rings is 1. The van der Waals surface area contributed by atoms with Crippen molar-refractivity contribution in [2.24, 2.45) is 0 Å². The average molecular weight is 336 g/mol. The predicted octanol–water partition coefficient (Wildman–Crippen LogP) is 1.47. The molecule has 0 radical (unpaired) electrons. The van der Waals surface area contributed by atoms with E-state index in [1.54, 1.807) is 6.07 Å². The van der Waals surface area contributed by atoms with Gasteiger partial charge in [0.15, 0.2) is 0 Å². The first-order valence-electron chi connectivity index (χ1n) is 7.61. The van der Waals surface area contributed by atoms with Crippen LogP contribution in [-0.4, -0.2) is 43.2 Å². The first kappa shape index (κ1) is 16.2. The van der Waals surface area contributed by atoms with Crippen LogP contribution in [0.25, 0.3) is 10.9 Å². The highest BCUT2D eigenvalue weighted by molar-refractivity contribution is 7.88. The molecule has 1 N–H and O–H groups in total. The van der Waals surface area contributed by atoms with Crippen molar-refractivity contribution < 1.29 is 13.2 Å². The lowest BCUT2D eigenvalue weighted by atomic mass is 10.1. The lowest BCUT2D eigenvalue weighted by molar-refractivity contribution is 0.0927. The van der Waals surface area contributed by atoms with Gasteiger partial charge in [-0.2, -0.15) is 4.31 Å². The molecule has 1 atom stereocenters. The molecule has 1 saturated heterocycles. The summed E-state index contributed by atoms with van der Waals surface area (Å²) in [6, 6.07) is 9.19. The van der Waals surface area contributed by atoms with Crippen LogP contribution in [0.3, 0.4) is 0 Å². The minimum absolute atomic E-state index is 0.0544. The maximum Gasteiger partial charge on any atom is 0.252 e. The number of nitrogens with zero attached hydrogens (tertiary/aromatic N) is 1. The minimum Gasteiger partial charge on any atom is -0.377 e. The van der Waals surface area contributed by atoms with Crippen molar-refractivity contribution in [3.05, 3.63) is 46.2 Å². The Bertz CT molecular complexity index is 854. The second-order valence-electron chi connectivity index (χ2n) is 5.90. The molecule has 0 aliphatic carbocycles. The number of para-hydroxylation sites is 1. The molecular formula is C16H20N2O4S. The number of rotatable bonds is 5. The van der Waals surface area contributed by atoms with E-state index in [0.717, 1.165) is 30.0 Å². The van der Waals surface area contributed by atoms with Crippen LogP contribution in [0.2, 0.25) is 0 Å². The van der Waals surface area contributed by atoms with Gasteiger partial charge in [0.1, 0.15) is 0 Å². The normalized spacial score (nSPS) is 18.8. The number of ether oxygens (including phenoxy) is 1. The van der Waals surface area contributed by atoms with Crippen molar-refractivity contribution in [2.75, 3.05) is 19.4 Å². The molecule has 0 unspecified atom stereocenters. The summed E-state index contributed by atoms with van der Waals surface area (Å²) in [6.07, 6.45) is 2.86. The van der Waals surface area contributed by atoms with Gasteiger partial charge in [-0.25, -0.2) is 8.42 Å². The Morgan fingerprint density at radius 1 is 1.35 bits per heavy atom. The molecule has 2 aromatic rings. The second-order valence-corrected chi connectivity index (χ2v) is 7.88. The Morgan fingerprint density at radius 3 is 2.83 bits per heavy atom. The molecule has 1 fully saturated rings. The molecule has 0 bridgehead atoms. The summed E-state index contributed by atoms with van der Waals surface area (Å²) in [7, 11) is -3.42. The molecule has 1 aliphatic rings. The van der Waals surface area contributed by atoms with Crippen molar-refractivity contribution in [1.29, 1.82) is 0 Å². The summed E-state index contributed by atoms with van der Waals surface area (Å²) in [5, 5.41) is 0.882. The summed E-state index contributed by atoms with van der Waals surface area (Å²) in [6.45, 7) is 1.00. The van der Waals surface area contributed by atoms with Gasteiger partial charge in [0.25, 0.3) is 5.56 Å². The van der Waals surface area contributed by atoms with E-state index >= 15 is 0 Å². The third-order valence-corrected chi connectivity index (χ3v) is 5.29. The van der Waals surface area contributed by atoms with Gasteiger partial charge in [-0.15, -0.1) is 0 Å². The van der Waals surface area contributed by atoms with E-state index in [-0.39, 0.29) is 24.8 Å². The van der Waals surface area contributed by atoms with Gasteiger partial charge >= 0.3 is 0 Å². The number of aromatic nitrogens is 1. The van der Waals surface area contributed by atoms with Crippen molar-refractivity contribution in [2.45, 2.75) is 25.5 Å². The number of pyridine rings is 1. The molecule has 7 heteroatoms. The van der Waals surface area contributed by atoms with E-state index < -0.39 is 10.0 Å². The van der Waals surface area contributed by atoms with Crippen LogP contribution in [0, 0.1) is 0 Å². The largest absolute Gasteiger partial charge is 0.377 e. The highest BCUT2D eigenvalue weighted by atomic mass is 32.2. The van der Waals surface area contributed by atoms with Crippen LogP contribution >= 0.6 is 0 Å². The zero-order valence-corrected chi connectivity index (χ0v) is 13.8. The van der Waals surface area contributed by atoms with Gasteiger partial charge < -0.3 is 9.72 Å². The Balaban J connectivity index is 1.90. The van der Waals surface area contributed by atoms with Crippen molar-refractivity contribution in [1.82, 2.24) is 9.29 Å². The first-order valence-corrected chi connectivity index (χ1v) is 9.46. The molecule has 124 valence electrons. The third kappa shape index (κ3) is 3.80. The number of H-pyrrole nitrogens is 1. The van der Waals surface area contributed by atoms with Crippen molar-refractivity contribution in [3.8, 4) is 0 Å². The third-order valence-electron chi connectivity index (χ3n) is 4.08. The molecule has 0 amide bonds. The van der Waals surface area contributed by atoms with Gasteiger partial charge in [0, 0.05) is 30.8 Å². The lowest BCUT2D eigenvalue weighted by Crippen LogP contribution is -2.37. The zero-order valence-electron chi connectivity index (χ0n) is 13.0. The standard InChI is InChI=1S/C16H20N2O4S/c1-23(20,21)18(11-14-6-4-8-22-14)10-13-9-12-5-2-3-7-15(12)17-16(13)19/h2-3,5,7,9,14H,4,6,8,10-11H2,1H3,(H,17,19)/t14-/m0/s1. The molecule has 1 aliphatic heterocycles. The quantitative estimate of drug-likeness (QED) is 0.897. The van der Waals surface area contributed by atoms with Gasteiger partial charge in [-0.3, -0.25) is 4.79 Å². The van der Waals surface area contributed by atoms with E-state index in [9.17, 15) is 13.2 Å². The van der Waals surface area contributed by atoms with Gasteiger partial charge in [-0.1, -0.05) is 18.2 Å². The number of hydrogen-bond acceptors (Lipinski definition) is 4. The van der Waals surface area contributed by atoms with E-state index in [4.69, 9.17) is 4.74 Å². The fraction of sp³-hybridized carbons (Fsp3) is 0.438. The monoisotopic (exact) mass is 336 g/mol.